The second kappa shape index (κ2) is 10.4. The molecule has 0 saturated carbocycles. The molecule has 0 fully saturated rings. The van der Waals surface area contributed by atoms with Crippen LogP contribution in [0.25, 0.3) is 17.1 Å². The summed E-state index contributed by atoms with van der Waals surface area (Å²) >= 11 is 1.19. The van der Waals surface area contributed by atoms with Crippen molar-refractivity contribution in [2.45, 2.75) is 32.0 Å². The summed E-state index contributed by atoms with van der Waals surface area (Å²) in [5.74, 6) is 1.03. The van der Waals surface area contributed by atoms with Crippen molar-refractivity contribution in [2.24, 2.45) is 5.92 Å². The van der Waals surface area contributed by atoms with Crippen molar-refractivity contribution in [1.82, 2.24) is 24.9 Å². The summed E-state index contributed by atoms with van der Waals surface area (Å²) in [6.07, 6.45) is 0.693. The van der Waals surface area contributed by atoms with Crippen LogP contribution in [0.3, 0.4) is 0 Å². The van der Waals surface area contributed by atoms with E-state index in [0.29, 0.717) is 34.7 Å². The fraction of sp³-hybridized carbons (Fsp3) is 0.261. The minimum atomic E-state index is -0.449. The number of benzene rings is 2. The molecule has 33 heavy (non-hydrogen) atoms. The minimum Gasteiger partial charge on any atom is -0.455 e. The fourth-order valence-electron chi connectivity index (χ4n) is 3.06. The molecular formula is C23H22FN5O3S. The van der Waals surface area contributed by atoms with Gasteiger partial charge in [-0.15, -0.1) is 10.2 Å². The van der Waals surface area contributed by atoms with Crippen LogP contribution in [0.4, 0.5) is 4.39 Å². The monoisotopic (exact) mass is 467 g/mol. The second-order valence-corrected chi connectivity index (χ2v) is 8.58. The van der Waals surface area contributed by atoms with Crippen molar-refractivity contribution in [1.29, 1.82) is 0 Å². The van der Waals surface area contributed by atoms with Gasteiger partial charge in [-0.25, -0.2) is 4.39 Å². The van der Waals surface area contributed by atoms with Crippen molar-refractivity contribution in [3.63, 3.8) is 0 Å². The van der Waals surface area contributed by atoms with Crippen LogP contribution < -0.4 is 0 Å². The molecule has 0 aliphatic heterocycles. The van der Waals surface area contributed by atoms with Crippen LogP contribution in [0.5, 0.6) is 0 Å². The molecule has 0 atom stereocenters. The number of thioether (sulfide) groups is 1. The quantitative estimate of drug-likeness (QED) is 0.262. The average molecular weight is 468 g/mol. The van der Waals surface area contributed by atoms with Gasteiger partial charge < -0.3 is 9.26 Å². The molecule has 2 heterocycles. The van der Waals surface area contributed by atoms with Crippen LogP contribution in [0.2, 0.25) is 0 Å². The Labute approximate surface area is 194 Å². The summed E-state index contributed by atoms with van der Waals surface area (Å²) in [6, 6.07) is 15.5. The lowest BCUT2D eigenvalue weighted by Gasteiger charge is -2.10. The number of hydrogen-bond donors (Lipinski definition) is 0. The SMILES string of the molecule is CC(C)Cc1noc(COC(=O)CSc2nnc(-c3ccc(F)cc3)n2-c2ccccc2)n1. The van der Waals surface area contributed by atoms with E-state index in [1.165, 1.54) is 23.9 Å². The molecule has 4 rings (SSSR count). The maximum absolute atomic E-state index is 13.4. The first-order valence-corrected chi connectivity index (χ1v) is 11.3. The van der Waals surface area contributed by atoms with Crippen LogP contribution in [-0.4, -0.2) is 36.6 Å². The molecule has 0 spiro atoms. The first kappa shape index (κ1) is 22.7. The van der Waals surface area contributed by atoms with Gasteiger partial charge in [0.2, 0.25) is 0 Å². The summed E-state index contributed by atoms with van der Waals surface area (Å²) in [4.78, 5) is 16.5. The zero-order valence-electron chi connectivity index (χ0n) is 18.1. The van der Waals surface area contributed by atoms with E-state index in [1.807, 2.05) is 34.9 Å². The van der Waals surface area contributed by atoms with E-state index in [1.54, 1.807) is 12.1 Å². The van der Waals surface area contributed by atoms with Gasteiger partial charge in [-0.3, -0.25) is 9.36 Å². The fourth-order valence-corrected chi connectivity index (χ4v) is 3.81. The lowest BCUT2D eigenvalue weighted by Crippen LogP contribution is -2.09. The van der Waals surface area contributed by atoms with Gasteiger partial charge in [0, 0.05) is 17.7 Å². The molecule has 0 bridgehead atoms. The lowest BCUT2D eigenvalue weighted by molar-refractivity contribution is -0.142. The highest BCUT2D eigenvalue weighted by atomic mass is 32.2. The van der Waals surface area contributed by atoms with E-state index in [0.717, 1.165) is 5.69 Å². The summed E-state index contributed by atoms with van der Waals surface area (Å²) in [7, 11) is 0. The van der Waals surface area contributed by atoms with Gasteiger partial charge in [-0.05, 0) is 42.3 Å². The van der Waals surface area contributed by atoms with Crippen LogP contribution in [0.1, 0.15) is 25.6 Å². The molecule has 2 aromatic heterocycles. The molecule has 4 aromatic rings. The third-order valence-corrected chi connectivity index (χ3v) is 5.43. The van der Waals surface area contributed by atoms with Gasteiger partial charge in [0.15, 0.2) is 23.4 Å². The predicted octanol–water partition coefficient (Wildman–Crippen LogP) is 4.49. The van der Waals surface area contributed by atoms with Gasteiger partial charge in [0.25, 0.3) is 5.89 Å². The number of ether oxygens (including phenoxy) is 1. The molecular weight excluding hydrogens is 445 g/mol. The number of halogens is 1. The normalized spacial score (nSPS) is 11.2. The molecule has 2 aromatic carbocycles. The molecule has 170 valence electrons. The van der Waals surface area contributed by atoms with Crippen LogP contribution in [0.15, 0.2) is 64.3 Å². The van der Waals surface area contributed by atoms with E-state index < -0.39 is 5.97 Å². The Morgan fingerprint density at radius 3 is 2.61 bits per heavy atom. The summed E-state index contributed by atoms with van der Waals surface area (Å²) < 4.78 is 25.6. The molecule has 0 saturated heterocycles. The van der Waals surface area contributed by atoms with Gasteiger partial charge in [0.1, 0.15) is 5.82 Å². The second-order valence-electron chi connectivity index (χ2n) is 7.64. The van der Waals surface area contributed by atoms with Crippen molar-refractivity contribution in [3.05, 3.63) is 72.1 Å². The first-order valence-electron chi connectivity index (χ1n) is 10.4. The average Bonchev–Trinajstić information content (AvgIpc) is 3.44. The first-order chi connectivity index (χ1) is 16.0. The molecule has 0 N–H and O–H groups in total. The highest BCUT2D eigenvalue weighted by Crippen LogP contribution is 2.28. The number of hydrogen-bond acceptors (Lipinski definition) is 8. The predicted molar refractivity (Wildman–Crippen MR) is 120 cm³/mol. The Balaban J connectivity index is 1.45. The third-order valence-electron chi connectivity index (χ3n) is 4.53. The van der Waals surface area contributed by atoms with E-state index in [-0.39, 0.29) is 24.1 Å². The number of aromatic nitrogens is 5. The van der Waals surface area contributed by atoms with Crippen molar-refractivity contribution >= 4 is 17.7 Å². The molecule has 0 aliphatic carbocycles. The molecule has 0 unspecified atom stereocenters. The Hall–Kier alpha value is -3.53. The van der Waals surface area contributed by atoms with Crippen molar-refractivity contribution < 1.29 is 18.4 Å². The lowest BCUT2D eigenvalue weighted by atomic mass is 10.1. The smallest absolute Gasteiger partial charge is 0.316 e. The summed E-state index contributed by atoms with van der Waals surface area (Å²) in [5, 5.41) is 12.9. The number of nitrogens with zero attached hydrogens (tertiary/aromatic N) is 5. The number of carbonyl (C=O) groups is 1. The van der Waals surface area contributed by atoms with Crippen LogP contribution in [0, 0.1) is 11.7 Å². The molecule has 0 aliphatic rings. The molecule has 10 heteroatoms. The van der Waals surface area contributed by atoms with E-state index >= 15 is 0 Å². The number of esters is 1. The van der Waals surface area contributed by atoms with Gasteiger partial charge in [0.05, 0.1) is 5.75 Å². The van der Waals surface area contributed by atoms with Gasteiger partial charge in [-0.1, -0.05) is 49.0 Å². The largest absolute Gasteiger partial charge is 0.455 e. The third kappa shape index (κ3) is 5.83. The maximum Gasteiger partial charge on any atom is 0.316 e. The number of para-hydroxylation sites is 1. The summed E-state index contributed by atoms with van der Waals surface area (Å²) in [5.41, 5.74) is 1.53. The Morgan fingerprint density at radius 1 is 1.12 bits per heavy atom. The minimum absolute atomic E-state index is 0.0153. The van der Waals surface area contributed by atoms with Crippen molar-refractivity contribution in [3.8, 4) is 17.1 Å². The standard InChI is InChI=1S/C23H22FN5O3S/c1-15(2)12-19-25-20(32-28-19)13-31-21(30)14-33-23-27-26-22(16-8-10-17(24)11-9-16)29(23)18-6-4-3-5-7-18/h3-11,15H,12-14H2,1-2H3. The highest BCUT2D eigenvalue weighted by molar-refractivity contribution is 7.99. The van der Waals surface area contributed by atoms with E-state index in [9.17, 15) is 9.18 Å². The van der Waals surface area contributed by atoms with E-state index in [4.69, 9.17) is 9.26 Å². The Morgan fingerprint density at radius 2 is 1.88 bits per heavy atom. The van der Waals surface area contributed by atoms with E-state index in [2.05, 4.69) is 34.2 Å². The molecule has 0 amide bonds. The Bertz CT molecular complexity index is 1210. The topological polar surface area (TPSA) is 95.9 Å². The van der Waals surface area contributed by atoms with Gasteiger partial charge in [-0.2, -0.15) is 4.98 Å². The van der Waals surface area contributed by atoms with Gasteiger partial charge >= 0.3 is 5.97 Å². The van der Waals surface area contributed by atoms with Crippen LogP contribution in [-0.2, 0) is 22.6 Å². The molecule has 8 nitrogen and oxygen atoms in total. The summed E-state index contributed by atoms with van der Waals surface area (Å²) in [6.45, 7) is 4.03. The highest BCUT2D eigenvalue weighted by Gasteiger charge is 2.18. The van der Waals surface area contributed by atoms with Crippen LogP contribution >= 0.6 is 11.8 Å². The number of carbonyl (C=O) groups excluding carboxylic acids is 1. The maximum atomic E-state index is 13.4. The zero-order valence-corrected chi connectivity index (χ0v) is 19.0. The van der Waals surface area contributed by atoms with Crippen molar-refractivity contribution in [2.75, 3.05) is 5.75 Å². The Kier molecular flexibility index (Phi) is 7.13. The number of rotatable bonds is 9. The zero-order chi connectivity index (χ0) is 23.2. The molecule has 0 radical (unpaired) electrons.